The molecule has 0 aromatic heterocycles. The first-order chi connectivity index (χ1) is 7.67. The minimum Gasteiger partial charge on any atom is -0.383 e. The SMILES string of the molecule is CCC(COC)N[C@@H](C)c1cccc(Cl)c1. The first-order valence-corrected chi connectivity index (χ1v) is 6.05. The summed E-state index contributed by atoms with van der Waals surface area (Å²) in [6.45, 7) is 5.03. The second-order valence-electron chi connectivity index (χ2n) is 4.00. The Balaban J connectivity index is 2.60. The number of hydrogen-bond donors (Lipinski definition) is 1. The van der Waals surface area contributed by atoms with Crippen molar-refractivity contribution in [2.45, 2.75) is 32.4 Å². The number of methoxy groups -OCH3 is 1. The van der Waals surface area contributed by atoms with Crippen LogP contribution in [0.25, 0.3) is 0 Å². The van der Waals surface area contributed by atoms with Crippen molar-refractivity contribution in [2.24, 2.45) is 0 Å². The molecule has 0 saturated heterocycles. The van der Waals surface area contributed by atoms with Crippen molar-refractivity contribution in [1.29, 1.82) is 0 Å². The predicted molar refractivity (Wildman–Crippen MR) is 69.0 cm³/mol. The fourth-order valence-electron chi connectivity index (χ4n) is 1.71. The quantitative estimate of drug-likeness (QED) is 0.824. The summed E-state index contributed by atoms with van der Waals surface area (Å²) in [6, 6.07) is 8.64. The molecule has 0 aliphatic rings. The zero-order valence-corrected chi connectivity index (χ0v) is 10.9. The van der Waals surface area contributed by atoms with Crippen LogP contribution in [0, 0.1) is 0 Å². The standard InChI is InChI=1S/C13H20ClNO/c1-4-13(9-16-3)15-10(2)11-6-5-7-12(14)8-11/h5-8,10,13,15H,4,9H2,1-3H3/t10-,13?/m0/s1. The van der Waals surface area contributed by atoms with Crippen LogP contribution < -0.4 is 5.32 Å². The summed E-state index contributed by atoms with van der Waals surface area (Å²) >= 11 is 5.97. The molecule has 0 bridgehead atoms. The van der Waals surface area contributed by atoms with Gasteiger partial charge in [0.05, 0.1) is 6.61 Å². The highest BCUT2D eigenvalue weighted by molar-refractivity contribution is 6.30. The van der Waals surface area contributed by atoms with Crippen molar-refractivity contribution in [3.05, 3.63) is 34.9 Å². The van der Waals surface area contributed by atoms with Gasteiger partial charge < -0.3 is 10.1 Å². The van der Waals surface area contributed by atoms with E-state index in [1.54, 1.807) is 7.11 Å². The summed E-state index contributed by atoms with van der Waals surface area (Å²) in [6.07, 6.45) is 1.05. The maximum absolute atomic E-state index is 5.97. The average Bonchev–Trinajstić information content (AvgIpc) is 2.28. The van der Waals surface area contributed by atoms with Gasteiger partial charge in [-0.05, 0) is 31.0 Å². The molecule has 0 amide bonds. The molecule has 0 spiro atoms. The van der Waals surface area contributed by atoms with Gasteiger partial charge in [-0.1, -0.05) is 30.7 Å². The van der Waals surface area contributed by atoms with Gasteiger partial charge in [-0.3, -0.25) is 0 Å². The summed E-state index contributed by atoms with van der Waals surface area (Å²) in [5, 5.41) is 4.31. The van der Waals surface area contributed by atoms with Gasteiger partial charge in [-0.25, -0.2) is 0 Å². The average molecular weight is 242 g/mol. The molecule has 0 aliphatic carbocycles. The molecule has 1 unspecified atom stereocenters. The van der Waals surface area contributed by atoms with Crippen molar-refractivity contribution < 1.29 is 4.74 Å². The second-order valence-corrected chi connectivity index (χ2v) is 4.44. The molecule has 0 radical (unpaired) electrons. The van der Waals surface area contributed by atoms with Crippen molar-refractivity contribution in [1.82, 2.24) is 5.32 Å². The predicted octanol–water partition coefficient (Wildman–Crippen LogP) is 3.42. The van der Waals surface area contributed by atoms with Crippen LogP contribution in [0.15, 0.2) is 24.3 Å². The Hall–Kier alpha value is -0.570. The highest BCUT2D eigenvalue weighted by Gasteiger charge is 2.11. The van der Waals surface area contributed by atoms with Crippen LogP contribution in [0.4, 0.5) is 0 Å². The molecule has 0 saturated carbocycles. The summed E-state index contributed by atoms with van der Waals surface area (Å²) in [5.41, 5.74) is 1.21. The molecule has 1 aromatic carbocycles. The summed E-state index contributed by atoms with van der Waals surface area (Å²) in [4.78, 5) is 0. The fraction of sp³-hybridized carbons (Fsp3) is 0.538. The minimum absolute atomic E-state index is 0.291. The van der Waals surface area contributed by atoms with Gasteiger partial charge in [0, 0.05) is 24.2 Å². The van der Waals surface area contributed by atoms with Crippen LogP contribution in [-0.2, 0) is 4.74 Å². The molecule has 0 fully saturated rings. The molecule has 0 heterocycles. The zero-order valence-electron chi connectivity index (χ0n) is 10.2. The maximum atomic E-state index is 5.97. The third kappa shape index (κ3) is 4.12. The maximum Gasteiger partial charge on any atom is 0.0615 e. The molecular formula is C13H20ClNO. The first kappa shape index (κ1) is 13.5. The van der Waals surface area contributed by atoms with Gasteiger partial charge in [0.2, 0.25) is 0 Å². The molecule has 1 N–H and O–H groups in total. The number of ether oxygens (including phenoxy) is 1. The van der Waals surface area contributed by atoms with E-state index in [-0.39, 0.29) is 0 Å². The van der Waals surface area contributed by atoms with Gasteiger partial charge in [0.1, 0.15) is 0 Å². The van der Waals surface area contributed by atoms with Gasteiger partial charge in [0.25, 0.3) is 0 Å². The van der Waals surface area contributed by atoms with Crippen LogP contribution in [-0.4, -0.2) is 19.8 Å². The van der Waals surface area contributed by atoms with Gasteiger partial charge in [-0.2, -0.15) is 0 Å². The van der Waals surface area contributed by atoms with Gasteiger partial charge in [0.15, 0.2) is 0 Å². The van der Waals surface area contributed by atoms with E-state index in [1.807, 2.05) is 18.2 Å². The normalized spacial score (nSPS) is 14.8. The highest BCUT2D eigenvalue weighted by Crippen LogP contribution is 2.18. The Morgan fingerprint density at radius 3 is 2.75 bits per heavy atom. The highest BCUT2D eigenvalue weighted by atomic mass is 35.5. The Morgan fingerprint density at radius 2 is 2.19 bits per heavy atom. The minimum atomic E-state index is 0.291. The van der Waals surface area contributed by atoms with E-state index in [4.69, 9.17) is 16.3 Å². The molecule has 2 atom stereocenters. The topological polar surface area (TPSA) is 21.3 Å². The van der Waals surface area contributed by atoms with Crippen LogP contribution in [0.1, 0.15) is 31.9 Å². The van der Waals surface area contributed by atoms with Crippen LogP contribution in [0.2, 0.25) is 5.02 Å². The van der Waals surface area contributed by atoms with Crippen molar-refractivity contribution >= 4 is 11.6 Å². The van der Waals surface area contributed by atoms with Crippen molar-refractivity contribution in [2.75, 3.05) is 13.7 Å². The Bertz CT molecular complexity index is 317. The first-order valence-electron chi connectivity index (χ1n) is 5.67. The van der Waals surface area contributed by atoms with Crippen LogP contribution in [0.3, 0.4) is 0 Å². The molecule has 16 heavy (non-hydrogen) atoms. The summed E-state index contributed by atoms with van der Waals surface area (Å²) < 4.78 is 5.17. The number of rotatable bonds is 6. The molecule has 2 nitrogen and oxygen atoms in total. The number of halogens is 1. The van der Waals surface area contributed by atoms with E-state index >= 15 is 0 Å². The lowest BCUT2D eigenvalue weighted by molar-refractivity contribution is 0.159. The van der Waals surface area contributed by atoms with Crippen molar-refractivity contribution in [3.8, 4) is 0 Å². The van der Waals surface area contributed by atoms with E-state index in [0.717, 1.165) is 18.1 Å². The summed E-state index contributed by atoms with van der Waals surface area (Å²) in [7, 11) is 1.73. The Kier molecular flexibility index (Phi) is 5.81. The Morgan fingerprint density at radius 1 is 1.44 bits per heavy atom. The smallest absolute Gasteiger partial charge is 0.0615 e. The monoisotopic (exact) mass is 241 g/mol. The Labute approximate surface area is 103 Å². The summed E-state index contributed by atoms with van der Waals surface area (Å²) in [5.74, 6) is 0. The molecule has 90 valence electrons. The van der Waals surface area contributed by atoms with E-state index < -0.39 is 0 Å². The van der Waals surface area contributed by atoms with Crippen LogP contribution >= 0.6 is 11.6 Å². The lowest BCUT2D eigenvalue weighted by Gasteiger charge is -2.22. The third-order valence-electron chi connectivity index (χ3n) is 2.70. The van der Waals surface area contributed by atoms with Gasteiger partial charge in [-0.15, -0.1) is 0 Å². The number of hydrogen-bond acceptors (Lipinski definition) is 2. The molecule has 1 aromatic rings. The molecule has 0 aliphatic heterocycles. The lowest BCUT2D eigenvalue weighted by atomic mass is 10.1. The lowest BCUT2D eigenvalue weighted by Crippen LogP contribution is -2.34. The second kappa shape index (κ2) is 6.89. The number of nitrogens with one attached hydrogen (secondary N) is 1. The third-order valence-corrected chi connectivity index (χ3v) is 2.93. The van der Waals surface area contributed by atoms with Crippen molar-refractivity contribution in [3.63, 3.8) is 0 Å². The van der Waals surface area contributed by atoms with Crippen LogP contribution in [0.5, 0.6) is 0 Å². The largest absolute Gasteiger partial charge is 0.383 e. The van der Waals surface area contributed by atoms with E-state index in [2.05, 4.69) is 25.2 Å². The molecular weight excluding hydrogens is 222 g/mol. The van der Waals surface area contributed by atoms with Gasteiger partial charge >= 0.3 is 0 Å². The molecule has 3 heteroatoms. The van der Waals surface area contributed by atoms with E-state index in [9.17, 15) is 0 Å². The van der Waals surface area contributed by atoms with E-state index in [1.165, 1.54) is 5.56 Å². The molecule has 1 rings (SSSR count). The van der Waals surface area contributed by atoms with E-state index in [0.29, 0.717) is 12.1 Å². The zero-order chi connectivity index (χ0) is 12.0. The fourth-order valence-corrected chi connectivity index (χ4v) is 1.91. The number of benzene rings is 1.